The molecule has 0 radical (unpaired) electrons. The number of carbonyl (C=O) groups excluding carboxylic acids is 2. The Kier molecular flexibility index (Phi) is 4.18. The van der Waals surface area contributed by atoms with Crippen LogP contribution in [0.3, 0.4) is 0 Å². The average molecular weight is 286 g/mol. The van der Waals surface area contributed by atoms with Crippen molar-refractivity contribution in [1.82, 2.24) is 4.57 Å². The number of methoxy groups -OCH3 is 1. The number of anilines is 1. The van der Waals surface area contributed by atoms with Crippen molar-refractivity contribution < 1.29 is 14.3 Å². The fourth-order valence-electron chi connectivity index (χ4n) is 1.74. The number of hydrogen-bond donors (Lipinski definition) is 1. The van der Waals surface area contributed by atoms with E-state index < -0.39 is 5.97 Å². The van der Waals surface area contributed by atoms with Gasteiger partial charge < -0.3 is 14.6 Å². The van der Waals surface area contributed by atoms with Gasteiger partial charge in [0.15, 0.2) is 0 Å². The topological polar surface area (TPSA) is 77.4 Å². The Balaban J connectivity index is 2.14. The molecule has 0 aliphatic heterocycles. The quantitative estimate of drug-likeness (QED) is 0.866. The zero-order valence-electron chi connectivity index (χ0n) is 11.6. The summed E-state index contributed by atoms with van der Waals surface area (Å²) in [4.78, 5) is 34.6. The van der Waals surface area contributed by atoms with Gasteiger partial charge in [-0.1, -0.05) is 0 Å². The molecule has 0 aliphatic carbocycles. The van der Waals surface area contributed by atoms with E-state index in [9.17, 15) is 14.4 Å². The highest BCUT2D eigenvalue weighted by Crippen LogP contribution is 2.11. The lowest BCUT2D eigenvalue weighted by Gasteiger charge is -2.07. The van der Waals surface area contributed by atoms with Crippen LogP contribution in [0.15, 0.2) is 47.4 Å². The van der Waals surface area contributed by atoms with Crippen molar-refractivity contribution in [3.8, 4) is 0 Å². The summed E-state index contributed by atoms with van der Waals surface area (Å²) in [6, 6.07) is 9.11. The number of benzene rings is 1. The first-order valence-corrected chi connectivity index (χ1v) is 6.17. The molecule has 2 aromatic rings. The molecule has 2 rings (SSSR count). The van der Waals surface area contributed by atoms with Gasteiger partial charge in [-0.05, 0) is 30.3 Å². The fraction of sp³-hybridized carbons (Fsp3) is 0.133. The number of nitrogens with one attached hydrogen (secondary N) is 1. The summed E-state index contributed by atoms with van der Waals surface area (Å²) in [5.74, 6) is -0.776. The molecule has 108 valence electrons. The molecule has 0 spiro atoms. The normalized spacial score (nSPS) is 10.0. The van der Waals surface area contributed by atoms with E-state index in [1.165, 1.54) is 30.0 Å². The highest BCUT2D eigenvalue weighted by atomic mass is 16.5. The van der Waals surface area contributed by atoms with Crippen molar-refractivity contribution in [2.45, 2.75) is 0 Å². The van der Waals surface area contributed by atoms with E-state index in [-0.39, 0.29) is 11.5 Å². The molecule has 6 heteroatoms. The van der Waals surface area contributed by atoms with E-state index in [0.29, 0.717) is 16.8 Å². The highest BCUT2D eigenvalue weighted by molar-refractivity contribution is 6.04. The summed E-state index contributed by atoms with van der Waals surface area (Å²) in [6.45, 7) is 0. The molecule has 1 aromatic heterocycles. The molecule has 0 saturated heterocycles. The molecule has 0 aliphatic rings. The SMILES string of the molecule is COC(=O)c1ccc(NC(=O)c2ccc(=O)n(C)c2)cc1. The monoisotopic (exact) mass is 286 g/mol. The first-order valence-electron chi connectivity index (χ1n) is 6.17. The van der Waals surface area contributed by atoms with E-state index in [2.05, 4.69) is 10.1 Å². The van der Waals surface area contributed by atoms with Gasteiger partial charge in [0.1, 0.15) is 0 Å². The van der Waals surface area contributed by atoms with Gasteiger partial charge in [0, 0.05) is 25.0 Å². The zero-order valence-corrected chi connectivity index (χ0v) is 11.6. The molecule has 0 unspecified atom stereocenters. The summed E-state index contributed by atoms with van der Waals surface area (Å²) >= 11 is 0. The summed E-state index contributed by atoms with van der Waals surface area (Å²) < 4.78 is 5.92. The van der Waals surface area contributed by atoms with Crippen molar-refractivity contribution in [3.05, 3.63) is 64.1 Å². The number of rotatable bonds is 3. The Morgan fingerprint density at radius 2 is 1.67 bits per heavy atom. The molecule has 1 N–H and O–H groups in total. The molecule has 0 fully saturated rings. The van der Waals surface area contributed by atoms with Gasteiger partial charge in [-0.15, -0.1) is 0 Å². The smallest absolute Gasteiger partial charge is 0.337 e. The second-order valence-corrected chi connectivity index (χ2v) is 4.39. The molecule has 1 heterocycles. The Morgan fingerprint density at radius 1 is 1.05 bits per heavy atom. The van der Waals surface area contributed by atoms with E-state index in [4.69, 9.17) is 0 Å². The van der Waals surface area contributed by atoms with Gasteiger partial charge >= 0.3 is 5.97 Å². The first kappa shape index (κ1) is 14.5. The van der Waals surface area contributed by atoms with Crippen LogP contribution >= 0.6 is 0 Å². The molecule has 1 aromatic carbocycles. The Bertz CT molecular complexity index is 732. The van der Waals surface area contributed by atoms with Crippen LogP contribution in [-0.4, -0.2) is 23.6 Å². The predicted octanol–water partition coefficient (Wildman–Crippen LogP) is 1.42. The number of aromatic nitrogens is 1. The third-order valence-corrected chi connectivity index (χ3v) is 2.91. The van der Waals surface area contributed by atoms with Crippen LogP contribution in [0.2, 0.25) is 0 Å². The van der Waals surface area contributed by atoms with Crippen LogP contribution in [0.4, 0.5) is 5.69 Å². The van der Waals surface area contributed by atoms with Gasteiger partial charge in [-0.2, -0.15) is 0 Å². The number of ether oxygens (including phenoxy) is 1. The Morgan fingerprint density at radius 3 is 2.24 bits per heavy atom. The molecular weight excluding hydrogens is 272 g/mol. The van der Waals surface area contributed by atoms with Crippen LogP contribution in [0.25, 0.3) is 0 Å². The van der Waals surface area contributed by atoms with E-state index in [1.807, 2.05) is 0 Å². The molecule has 0 atom stereocenters. The van der Waals surface area contributed by atoms with Gasteiger partial charge in [-0.25, -0.2) is 4.79 Å². The van der Waals surface area contributed by atoms with Gasteiger partial charge in [-0.3, -0.25) is 9.59 Å². The van der Waals surface area contributed by atoms with Gasteiger partial charge in [0.25, 0.3) is 5.91 Å². The zero-order chi connectivity index (χ0) is 15.4. The third-order valence-electron chi connectivity index (χ3n) is 2.91. The van der Waals surface area contributed by atoms with Crippen LogP contribution in [0.1, 0.15) is 20.7 Å². The molecule has 0 bridgehead atoms. The maximum atomic E-state index is 12.0. The molecular formula is C15H14N2O4. The number of carbonyl (C=O) groups is 2. The minimum Gasteiger partial charge on any atom is -0.465 e. The number of esters is 1. The van der Waals surface area contributed by atoms with Crippen LogP contribution in [-0.2, 0) is 11.8 Å². The number of amides is 1. The fourth-order valence-corrected chi connectivity index (χ4v) is 1.74. The van der Waals surface area contributed by atoms with Crippen molar-refractivity contribution in [3.63, 3.8) is 0 Å². The van der Waals surface area contributed by atoms with Gasteiger partial charge in [0.2, 0.25) is 5.56 Å². The molecule has 0 saturated carbocycles. The number of aryl methyl sites for hydroxylation is 1. The van der Waals surface area contributed by atoms with E-state index in [0.717, 1.165) is 0 Å². The lowest BCUT2D eigenvalue weighted by atomic mass is 10.2. The molecule has 6 nitrogen and oxygen atoms in total. The van der Waals surface area contributed by atoms with Crippen molar-refractivity contribution in [2.75, 3.05) is 12.4 Å². The van der Waals surface area contributed by atoms with E-state index >= 15 is 0 Å². The maximum Gasteiger partial charge on any atom is 0.337 e. The molecule has 21 heavy (non-hydrogen) atoms. The lowest BCUT2D eigenvalue weighted by molar-refractivity contribution is 0.0600. The second kappa shape index (κ2) is 6.04. The minimum atomic E-state index is -0.439. The number of hydrogen-bond acceptors (Lipinski definition) is 4. The second-order valence-electron chi connectivity index (χ2n) is 4.39. The summed E-state index contributed by atoms with van der Waals surface area (Å²) in [5, 5.41) is 2.68. The summed E-state index contributed by atoms with van der Waals surface area (Å²) in [6.07, 6.45) is 1.46. The van der Waals surface area contributed by atoms with Crippen LogP contribution < -0.4 is 10.9 Å². The van der Waals surface area contributed by atoms with Crippen molar-refractivity contribution in [1.29, 1.82) is 0 Å². The maximum absolute atomic E-state index is 12.0. The average Bonchev–Trinajstić information content (AvgIpc) is 2.50. The van der Waals surface area contributed by atoms with Crippen molar-refractivity contribution in [2.24, 2.45) is 7.05 Å². The number of nitrogens with zero attached hydrogens (tertiary/aromatic N) is 1. The van der Waals surface area contributed by atoms with Crippen LogP contribution in [0, 0.1) is 0 Å². The third kappa shape index (κ3) is 3.36. The first-order chi connectivity index (χ1) is 10.0. The minimum absolute atomic E-state index is 0.186. The Labute approximate surface area is 121 Å². The predicted molar refractivity (Wildman–Crippen MR) is 77.4 cm³/mol. The van der Waals surface area contributed by atoms with Crippen molar-refractivity contribution >= 4 is 17.6 Å². The van der Waals surface area contributed by atoms with E-state index in [1.54, 1.807) is 31.3 Å². The summed E-state index contributed by atoms with van der Waals surface area (Å²) in [5.41, 5.74) is 1.13. The van der Waals surface area contributed by atoms with Gasteiger partial charge in [0.05, 0.1) is 18.2 Å². The highest BCUT2D eigenvalue weighted by Gasteiger charge is 2.08. The van der Waals surface area contributed by atoms with Crippen LogP contribution in [0.5, 0.6) is 0 Å². The Hall–Kier alpha value is -2.89. The largest absolute Gasteiger partial charge is 0.465 e. The summed E-state index contributed by atoms with van der Waals surface area (Å²) in [7, 11) is 2.88. The molecule has 1 amide bonds. The standard InChI is InChI=1S/C15H14N2O4/c1-17-9-11(5-8-13(17)18)14(19)16-12-6-3-10(4-7-12)15(20)21-2/h3-9H,1-2H3,(H,16,19). The lowest BCUT2D eigenvalue weighted by Crippen LogP contribution is -2.19. The number of pyridine rings is 1.